The fourth-order valence-corrected chi connectivity index (χ4v) is 3.16. The van der Waals surface area contributed by atoms with Crippen molar-refractivity contribution >= 4 is 5.96 Å². The van der Waals surface area contributed by atoms with Gasteiger partial charge in [-0.3, -0.25) is 9.89 Å². The minimum absolute atomic E-state index is 0.214. The number of nitrogens with one attached hydrogen (secondary N) is 1. The molecule has 28 heavy (non-hydrogen) atoms. The molecule has 0 aliphatic carbocycles. The Balaban J connectivity index is 1.40. The van der Waals surface area contributed by atoms with Crippen molar-refractivity contribution in [3.8, 4) is 17.2 Å². The van der Waals surface area contributed by atoms with Crippen LogP contribution in [0.15, 0.2) is 23.2 Å². The third-order valence-corrected chi connectivity index (χ3v) is 4.84. The predicted octanol–water partition coefficient (Wildman–Crippen LogP) is 1.94. The minimum Gasteiger partial charge on any atom is -0.492 e. The van der Waals surface area contributed by atoms with Gasteiger partial charge in [-0.05, 0) is 19.1 Å². The number of guanidine groups is 1. The maximum Gasteiger partial charge on any atom is 0.403 e. The van der Waals surface area contributed by atoms with Crippen molar-refractivity contribution < 1.29 is 27.4 Å². The van der Waals surface area contributed by atoms with Gasteiger partial charge in [0.25, 0.3) is 0 Å². The van der Waals surface area contributed by atoms with Crippen LogP contribution in [-0.2, 0) is 0 Å². The Morgan fingerprint density at radius 2 is 1.93 bits per heavy atom. The lowest BCUT2D eigenvalue weighted by molar-refractivity contribution is -0.181. The molecular formula is C18H25F3N4O3. The Labute approximate surface area is 162 Å². The van der Waals surface area contributed by atoms with E-state index in [9.17, 15) is 13.2 Å². The zero-order chi connectivity index (χ0) is 20.1. The number of halogens is 3. The van der Waals surface area contributed by atoms with E-state index in [1.165, 1.54) is 11.8 Å². The van der Waals surface area contributed by atoms with E-state index in [-0.39, 0.29) is 6.79 Å². The molecule has 2 heterocycles. The number of hydrogen-bond donors (Lipinski definition) is 1. The average Bonchev–Trinajstić information content (AvgIpc) is 3.15. The number of benzene rings is 1. The number of aliphatic imine (C=N–C) groups is 1. The first-order chi connectivity index (χ1) is 13.4. The molecule has 10 heteroatoms. The molecule has 0 saturated carbocycles. The van der Waals surface area contributed by atoms with Crippen LogP contribution in [0.5, 0.6) is 17.2 Å². The number of rotatable bonds is 5. The second-order valence-electron chi connectivity index (χ2n) is 6.58. The standard InChI is InChI=1S/C18H25F3N4O3/c1-13(18(19,20)21)24-6-8-25(9-7-24)17(22-2)23-5-10-26-14-3-4-15-16(11-14)28-12-27-15/h3-4,11,13H,5-10,12H2,1-2H3,(H,22,23). The van der Waals surface area contributed by atoms with Crippen LogP contribution in [0.25, 0.3) is 0 Å². The van der Waals surface area contributed by atoms with Crippen LogP contribution in [-0.4, -0.2) is 81.1 Å². The van der Waals surface area contributed by atoms with Gasteiger partial charge in [-0.2, -0.15) is 13.2 Å². The Kier molecular flexibility index (Phi) is 6.38. The van der Waals surface area contributed by atoms with Gasteiger partial charge in [0.15, 0.2) is 17.5 Å². The molecule has 1 unspecified atom stereocenters. The third kappa shape index (κ3) is 4.92. The summed E-state index contributed by atoms with van der Waals surface area (Å²) in [6.45, 7) is 4.00. The van der Waals surface area contributed by atoms with Crippen LogP contribution in [0.1, 0.15) is 6.92 Å². The number of ether oxygens (including phenoxy) is 3. The number of nitrogens with zero attached hydrogens (tertiary/aromatic N) is 3. The molecule has 0 radical (unpaired) electrons. The predicted molar refractivity (Wildman–Crippen MR) is 98.1 cm³/mol. The summed E-state index contributed by atoms with van der Waals surface area (Å²) in [5, 5.41) is 3.19. The van der Waals surface area contributed by atoms with Crippen LogP contribution in [0.3, 0.4) is 0 Å². The summed E-state index contributed by atoms with van der Waals surface area (Å²) in [5.41, 5.74) is 0. The van der Waals surface area contributed by atoms with E-state index in [1.54, 1.807) is 19.2 Å². The molecule has 3 rings (SSSR count). The summed E-state index contributed by atoms with van der Waals surface area (Å²) in [6.07, 6.45) is -4.20. The van der Waals surface area contributed by atoms with Gasteiger partial charge < -0.3 is 24.4 Å². The second-order valence-corrected chi connectivity index (χ2v) is 6.58. The van der Waals surface area contributed by atoms with E-state index >= 15 is 0 Å². The fraction of sp³-hybridized carbons (Fsp3) is 0.611. The molecule has 7 nitrogen and oxygen atoms in total. The lowest BCUT2D eigenvalue weighted by Gasteiger charge is -2.39. The molecule has 0 amide bonds. The van der Waals surface area contributed by atoms with Crippen LogP contribution in [0.4, 0.5) is 13.2 Å². The van der Waals surface area contributed by atoms with E-state index in [0.717, 1.165) is 0 Å². The summed E-state index contributed by atoms with van der Waals surface area (Å²) in [4.78, 5) is 7.63. The van der Waals surface area contributed by atoms with Gasteiger partial charge in [-0.15, -0.1) is 0 Å². The second kappa shape index (κ2) is 8.76. The van der Waals surface area contributed by atoms with Crippen LogP contribution in [0.2, 0.25) is 0 Å². The highest BCUT2D eigenvalue weighted by atomic mass is 19.4. The molecule has 1 aromatic rings. The van der Waals surface area contributed by atoms with Crippen LogP contribution >= 0.6 is 0 Å². The van der Waals surface area contributed by atoms with E-state index in [1.807, 2.05) is 11.0 Å². The molecule has 1 fully saturated rings. The highest BCUT2D eigenvalue weighted by Crippen LogP contribution is 2.35. The van der Waals surface area contributed by atoms with Gasteiger partial charge in [-0.25, -0.2) is 0 Å². The Bertz CT molecular complexity index is 691. The molecule has 1 saturated heterocycles. The SMILES string of the molecule is CN=C(NCCOc1ccc2c(c1)OCO2)N1CCN(C(C)C(F)(F)F)CC1. The fourth-order valence-electron chi connectivity index (χ4n) is 3.16. The number of alkyl halides is 3. The lowest BCUT2D eigenvalue weighted by Crippen LogP contribution is -2.57. The molecule has 0 spiro atoms. The van der Waals surface area contributed by atoms with E-state index in [0.29, 0.717) is 62.5 Å². The molecule has 156 valence electrons. The maximum atomic E-state index is 12.9. The number of hydrogen-bond acceptors (Lipinski definition) is 5. The van der Waals surface area contributed by atoms with Gasteiger partial charge in [0.1, 0.15) is 18.4 Å². The molecular weight excluding hydrogens is 377 g/mol. The number of piperazine rings is 1. The summed E-state index contributed by atoms with van der Waals surface area (Å²) < 4.78 is 54.8. The topological polar surface area (TPSA) is 58.6 Å². The monoisotopic (exact) mass is 402 g/mol. The van der Waals surface area contributed by atoms with Crippen molar-refractivity contribution in [3.05, 3.63) is 18.2 Å². The summed E-state index contributed by atoms with van der Waals surface area (Å²) >= 11 is 0. The molecule has 1 aromatic carbocycles. The third-order valence-electron chi connectivity index (χ3n) is 4.84. The van der Waals surface area contributed by atoms with Crippen molar-refractivity contribution in [1.29, 1.82) is 0 Å². The van der Waals surface area contributed by atoms with Crippen LogP contribution in [0, 0.1) is 0 Å². The maximum absolute atomic E-state index is 12.9. The molecule has 2 aliphatic rings. The Morgan fingerprint density at radius 1 is 1.21 bits per heavy atom. The molecule has 0 aromatic heterocycles. The van der Waals surface area contributed by atoms with E-state index < -0.39 is 12.2 Å². The van der Waals surface area contributed by atoms with E-state index in [2.05, 4.69) is 10.3 Å². The van der Waals surface area contributed by atoms with E-state index in [4.69, 9.17) is 14.2 Å². The van der Waals surface area contributed by atoms with Crippen molar-refractivity contribution in [1.82, 2.24) is 15.1 Å². The van der Waals surface area contributed by atoms with Gasteiger partial charge in [0.05, 0.1) is 6.54 Å². The summed E-state index contributed by atoms with van der Waals surface area (Å²) in [5.74, 6) is 2.70. The van der Waals surface area contributed by atoms with Crippen molar-refractivity contribution in [2.75, 3.05) is 53.2 Å². The van der Waals surface area contributed by atoms with Gasteiger partial charge in [0, 0.05) is 39.3 Å². The zero-order valence-electron chi connectivity index (χ0n) is 16.0. The van der Waals surface area contributed by atoms with Crippen molar-refractivity contribution in [2.24, 2.45) is 4.99 Å². The summed E-state index contributed by atoms with van der Waals surface area (Å²) in [7, 11) is 1.66. The minimum atomic E-state index is -4.20. The van der Waals surface area contributed by atoms with Gasteiger partial charge in [0.2, 0.25) is 6.79 Å². The Morgan fingerprint density at radius 3 is 2.61 bits per heavy atom. The molecule has 1 atom stereocenters. The first-order valence-electron chi connectivity index (χ1n) is 9.17. The molecule has 0 bridgehead atoms. The molecule has 1 N–H and O–H groups in total. The first kappa shape index (κ1) is 20.4. The quantitative estimate of drug-likeness (QED) is 0.462. The molecule has 2 aliphatic heterocycles. The lowest BCUT2D eigenvalue weighted by atomic mass is 10.2. The highest BCUT2D eigenvalue weighted by Gasteiger charge is 2.41. The smallest absolute Gasteiger partial charge is 0.403 e. The van der Waals surface area contributed by atoms with Gasteiger partial charge >= 0.3 is 6.18 Å². The largest absolute Gasteiger partial charge is 0.492 e. The zero-order valence-corrected chi connectivity index (χ0v) is 16.0. The Hall–Kier alpha value is -2.36. The average molecular weight is 402 g/mol. The highest BCUT2D eigenvalue weighted by molar-refractivity contribution is 5.80. The van der Waals surface area contributed by atoms with Crippen molar-refractivity contribution in [3.63, 3.8) is 0 Å². The summed E-state index contributed by atoms with van der Waals surface area (Å²) in [6, 6.07) is 3.95. The van der Waals surface area contributed by atoms with Crippen molar-refractivity contribution in [2.45, 2.75) is 19.1 Å². The first-order valence-corrected chi connectivity index (χ1v) is 9.17. The normalized spacial score (nSPS) is 18.9. The van der Waals surface area contributed by atoms with Crippen LogP contribution < -0.4 is 19.5 Å². The van der Waals surface area contributed by atoms with Gasteiger partial charge in [-0.1, -0.05) is 0 Å². The number of fused-ring (bicyclic) bond motifs is 1.